The summed E-state index contributed by atoms with van der Waals surface area (Å²) in [4.78, 5) is 2.82. The van der Waals surface area contributed by atoms with Crippen molar-refractivity contribution in [1.82, 2.24) is 4.90 Å². The standard InChI is InChI=1S/C22H47N/c1-6-9-12-13-14-15-16-17-20-23(21(4)18-10-7-2)22(5)19-11-8-3/h21-22H,6-20H2,1-5H3. The second-order valence-corrected chi connectivity index (χ2v) is 7.70. The van der Waals surface area contributed by atoms with Crippen LogP contribution in [-0.4, -0.2) is 23.5 Å². The Balaban J connectivity index is 4.00. The van der Waals surface area contributed by atoms with E-state index in [0.29, 0.717) is 0 Å². The average Bonchev–Trinajstić information content (AvgIpc) is 2.56. The molecule has 0 saturated heterocycles. The van der Waals surface area contributed by atoms with Crippen LogP contribution in [0.2, 0.25) is 0 Å². The minimum atomic E-state index is 0.770. The molecule has 0 amide bonds. The third kappa shape index (κ3) is 13.0. The molecule has 2 unspecified atom stereocenters. The lowest BCUT2D eigenvalue weighted by molar-refractivity contribution is 0.133. The molecule has 0 aromatic carbocycles. The van der Waals surface area contributed by atoms with Gasteiger partial charge in [-0.15, -0.1) is 0 Å². The van der Waals surface area contributed by atoms with Crippen LogP contribution in [0.15, 0.2) is 0 Å². The van der Waals surface area contributed by atoms with E-state index in [1.807, 2.05) is 0 Å². The molecule has 0 saturated carbocycles. The van der Waals surface area contributed by atoms with E-state index in [9.17, 15) is 0 Å². The van der Waals surface area contributed by atoms with Gasteiger partial charge in [0.1, 0.15) is 0 Å². The molecule has 0 spiro atoms. The highest BCUT2D eigenvalue weighted by Gasteiger charge is 2.18. The molecule has 23 heavy (non-hydrogen) atoms. The highest BCUT2D eigenvalue weighted by molar-refractivity contribution is 4.74. The molecule has 0 radical (unpaired) electrons. The van der Waals surface area contributed by atoms with Gasteiger partial charge >= 0.3 is 0 Å². The first kappa shape index (κ1) is 23.0. The molecule has 0 heterocycles. The van der Waals surface area contributed by atoms with Crippen LogP contribution in [0.4, 0.5) is 0 Å². The first-order valence-corrected chi connectivity index (χ1v) is 10.9. The zero-order valence-electron chi connectivity index (χ0n) is 17.2. The van der Waals surface area contributed by atoms with Gasteiger partial charge in [-0.05, 0) is 39.7 Å². The second kappa shape index (κ2) is 16.8. The van der Waals surface area contributed by atoms with Crippen molar-refractivity contribution in [1.29, 1.82) is 0 Å². The minimum Gasteiger partial charge on any atom is -0.298 e. The Hall–Kier alpha value is -0.0400. The van der Waals surface area contributed by atoms with E-state index in [0.717, 1.165) is 12.1 Å². The Morgan fingerprint density at radius 2 is 0.913 bits per heavy atom. The van der Waals surface area contributed by atoms with Gasteiger partial charge in [0.15, 0.2) is 0 Å². The first-order valence-electron chi connectivity index (χ1n) is 10.9. The van der Waals surface area contributed by atoms with Crippen molar-refractivity contribution < 1.29 is 0 Å². The van der Waals surface area contributed by atoms with Crippen LogP contribution < -0.4 is 0 Å². The predicted octanol–water partition coefficient (Wildman–Crippen LogP) is 7.59. The molecule has 140 valence electrons. The van der Waals surface area contributed by atoms with Crippen LogP contribution in [0.25, 0.3) is 0 Å². The molecule has 0 aliphatic heterocycles. The number of hydrogen-bond acceptors (Lipinski definition) is 1. The Kier molecular flexibility index (Phi) is 16.8. The number of hydrogen-bond donors (Lipinski definition) is 0. The molecular weight excluding hydrogens is 278 g/mol. The Labute approximate surface area is 148 Å². The fourth-order valence-electron chi connectivity index (χ4n) is 3.63. The molecule has 1 nitrogen and oxygen atoms in total. The second-order valence-electron chi connectivity index (χ2n) is 7.70. The van der Waals surface area contributed by atoms with E-state index in [1.165, 1.54) is 96.4 Å². The van der Waals surface area contributed by atoms with E-state index in [4.69, 9.17) is 0 Å². The molecular formula is C22H47N. The topological polar surface area (TPSA) is 3.24 Å². The predicted molar refractivity (Wildman–Crippen MR) is 107 cm³/mol. The van der Waals surface area contributed by atoms with Crippen molar-refractivity contribution in [2.24, 2.45) is 0 Å². The van der Waals surface area contributed by atoms with Gasteiger partial charge in [-0.2, -0.15) is 0 Å². The van der Waals surface area contributed by atoms with Gasteiger partial charge in [0.05, 0.1) is 0 Å². The van der Waals surface area contributed by atoms with E-state index in [2.05, 4.69) is 39.5 Å². The summed E-state index contributed by atoms with van der Waals surface area (Å²) in [6.45, 7) is 13.2. The summed E-state index contributed by atoms with van der Waals surface area (Å²) >= 11 is 0. The van der Waals surface area contributed by atoms with Gasteiger partial charge in [0.2, 0.25) is 0 Å². The monoisotopic (exact) mass is 325 g/mol. The fourth-order valence-corrected chi connectivity index (χ4v) is 3.63. The number of unbranched alkanes of at least 4 members (excludes halogenated alkanes) is 9. The summed E-state index contributed by atoms with van der Waals surface area (Å²) in [5, 5.41) is 0. The molecule has 0 N–H and O–H groups in total. The lowest BCUT2D eigenvalue weighted by Crippen LogP contribution is -2.41. The SMILES string of the molecule is CCCCCCCCCCN(C(C)CCCC)C(C)CCCC. The van der Waals surface area contributed by atoms with E-state index in [-0.39, 0.29) is 0 Å². The highest BCUT2D eigenvalue weighted by Crippen LogP contribution is 2.18. The van der Waals surface area contributed by atoms with Crippen LogP contribution in [0.3, 0.4) is 0 Å². The van der Waals surface area contributed by atoms with Crippen LogP contribution >= 0.6 is 0 Å². The summed E-state index contributed by atoms with van der Waals surface area (Å²) in [5.41, 5.74) is 0. The normalized spacial score (nSPS) is 14.3. The lowest BCUT2D eigenvalue weighted by Gasteiger charge is -2.35. The molecule has 0 aliphatic rings. The lowest BCUT2D eigenvalue weighted by atomic mass is 10.0. The van der Waals surface area contributed by atoms with Crippen LogP contribution in [0.5, 0.6) is 0 Å². The quantitative estimate of drug-likeness (QED) is 0.249. The first-order chi connectivity index (χ1) is 11.2. The Morgan fingerprint density at radius 1 is 0.522 bits per heavy atom. The Morgan fingerprint density at radius 3 is 1.35 bits per heavy atom. The van der Waals surface area contributed by atoms with Gasteiger partial charge in [-0.1, -0.05) is 91.4 Å². The summed E-state index contributed by atoms with van der Waals surface area (Å²) in [6, 6.07) is 1.54. The third-order valence-electron chi connectivity index (χ3n) is 5.35. The van der Waals surface area contributed by atoms with E-state index < -0.39 is 0 Å². The maximum Gasteiger partial charge on any atom is 0.00697 e. The molecule has 0 aromatic heterocycles. The minimum absolute atomic E-state index is 0.770. The van der Waals surface area contributed by atoms with Crippen molar-refractivity contribution in [2.75, 3.05) is 6.54 Å². The van der Waals surface area contributed by atoms with Crippen molar-refractivity contribution in [2.45, 2.75) is 137 Å². The highest BCUT2D eigenvalue weighted by atomic mass is 15.2. The molecule has 0 bridgehead atoms. The van der Waals surface area contributed by atoms with Crippen molar-refractivity contribution in [3.63, 3.8) is 0 Å². The average molecular weight is 326 g/mol. The molecule has 0 aliphatic carbocycles. The van der Waals surface area contributed by atoms with E-state index in [1.54, 1.807) is 0 Å². The molecule has 0 fully saturated rings. The zero-order chi connectivity index (χ0) is 17.3. The summed E-state index contributed by atoms with van der Waals surface area (Å²) in [5.74, 6) is 0. The van der Waals surface area contributed by atoms with Crippen LogP contribution in [0.1, 0.15) is 125 Å². The molecule has 0 rings (SSSR count). The number of nitrogens with zero attached hydrogens (tertiary/aromatic N) is 1. The molecule has 2 atom stereocenters. The Bertz CT molecular complexity index is 212. The van der Waals surface area contributed by atoms with E-state index >= 15 is 0 Å². The van der Waals surface area contributed by atoms with Crippen molar-refractivity contribution in [3.05, 3.63) is 0 Å². The van der Waals surface area contributed by atoms with Gasteiger partial charge in [-0.3, -0.25) is 4.90 Å². The van der Waals surface area contributed by atoms with Gasteiger partial charge in [0.25, 0.3) is 0 Å². The summed E-state index contributed by atoms with van der Waals surface area (Å²) in [7, 11) is 0. The molecule has 0 aromatic rings. The fraction of sp³-hybridized carbons (Fsp3) is 1.00. The van der Waals surface area contributed by atoms with Crippen LogP contribution in [-0.2, 0) is 0 Å². The van der Waals surface area contributed by atoms with Crippen LogP contribution in [0, 0.1) is 0 Å². The van der Waals surface area contributed by atoms with Gasteiger partial charge in [0, 0.05) is 12.1 Å². The smallest absolute Gasteiger partial charge is 0.00697 e. The maximum absolute atomic E-state index is 2.82. The zero-order valence-corrected chi connectivity index (χ0v) is 17.2. The van der Waals surface area contributed by atoms with Crippen molar-refractivity contribution in [3.8, 4) is 0 Å². The summed E-state index contributed by atoms with van der Waals surface area (Å²) < 4.78 is 0. The molecule has 1 heteroatoms. The maximum atomic E-state index is 2.82. The largest absolute Gasteiger partial charge is 0.298 e. The van der Waals surface area contributed by atoms with Gasteiger partial charge < -0.3 is 0 Å². The summed E-state index contributed by atoms with van der Waals surface area (Å²) in [6.07, 6.45) is 19.6. The number of rotatable bonds is 17. The van der Waals surface area contributed by atoms with Crippen molar-refractivity contribution >= 4 is 0 Å². The third-order valence-corrected chi connectivity index (χ3v) is 5.35. The van der Waals surface area contributed by atoms with Gasteiger partial charge in [-0.25, -0.2) is 0 Å².